The van der Waals surface area contributed by atoms with Crippen molar-refractivity contribution in [2.75, 3.05) is 5.33 Å². The Balaban J connectivity index is 1.88. The van der Waals surface area contributed by atoms with Gasteiger partial charge in [-0.2, -0.15) is 0 Å². The third-order valence-corrected chi connectivity index (χ3v) is 7.20. The zero-order valence-corrected chi connectivity index (χ0v) is 13.9. The zero-order valence-electron chi connectivity index (χ0n) is 11.5. The number of aryl methyl sites for hydroxylation is 2. The van der Waals surface area contributed by atoms with Gasteiger partial charge in [-0.05, 0) is 55.4 Å². The van der Waals surface area contributed by atoms with Crippen molar-refractivity contribution in [3.05, 3.63) is 29.3 Å². The number of hydrogen-bond acceptors (Lipinski definition) is 2. The van der Waals surface area contributed by atoms with E-state index in [0.29, 0.717) is 10.2 Å². The van der Waals surface area contributed by atoms with Crippen molar-refractivity contribution >= 4 is 26.0 Å². The summed E-state index contributed by atoms with van der Waals surface area (Å²) in [4.78, 5) is 0.422. The summed E-state index contributed by atoms with van der Waals surface area (Å²) in [6.45, 7) is 0. The van der Waals surface area contributed by atoms with E-state index in [1.807, 2.05) is 12.1 Å². The van der Waals surface area contributed by atoms with Crippen molar-refractivity contribution in [1.82, 2.24) is 4.72 Å². The van der Waals surface area contributed by atoms with E-state index in [0.717, 1.165) is 44.9 Å². The fourth-order valence-corrected chi connectivity index (χ4v) is 5.77. The van der Waals surface area contributed by atoms with Crippen LogP contribution in [0.2, 0.25) is 0 Å². The molecule has 2 aliphatic carbocycles. The lowest BCUT2D eigenvalue weighted by atomic mass is 10.0. The predicted octanol–water partition coefficient (Wildman–Crippen LogP) is 3.16. The molecule has 5 heteroatoms. The fraction of sp³-hybridized carbons (Fsp3) is 0.600. The second-order valence-electron chi connectivity index (χ2n) is 6.01. The lowest BCUT2D eigenvalue weighted by molar-refractivity contribution is 0.438. The Bertz CT molecular complexity index is 606. The first-order valence-electron chi connectivity index (χ1n) is 7.26. The maximum Gasteiger partial charge on any atom is 0.241 e. The number of halogens is 1. The number of sulfonamides is 1. The second-order valence-corrected chi connectivity index (χ2v) is 8.25. The van der Waals surface area contributed by atoms with Gasteiger partial charge in [-0.25, -0.2) is 13.1 Å². The van der Waals surface area contributed by atoms with Gasteiger partial charge in [0.15, 0.2) is 0 Å². The number of fused-ring (bicyclic) bond motifs is 1. The van der Waals surface area contributed by atoms with Crippen molar-refractivity contribution in [3.63, 3.8) is 0 Å². The summed E-state index contributed by atoms with van der Waals surface area (Å²) in [6, 6.07) is 5.59. The van der Waals surface area contributed by atoms with Crippen LogP contribution >= 0.6 is 15.9 Å². The molecule has 0 saturated heterocycles. The highest BCUT2D eigenvalue weighted by Crippen LogP contribution is 2.33. The smallest absolute Gasteiger partial charge is 0.207 e. The van der Waals surface area contributed by atoms with Crippen molar-refractivity contribution < 1.29 is 8.42 Å². The summed E-state index contributed by atoms with van der Waals surface area (Å²) >= 11 is 3.48. The predicted molar refractivity (Wildman–Crippen MR) is 83.8 cm³/mol. The Hall–Kier alpha value is -0.390. The quantitative estimate of drug-likeness (QED) is 0.841. The summed E-state index contributed by atoms with van der Waals surface area (Å²) in [5, 5.41) is 0.685. The molecule has 0 radical (unpaired) electrons. The molecular formula is C15H20BrNO2S. The van der Waals surface area contributed by atoms with Gasteiger partial charge in [0.25, 0.3) is 0 Å². The Labute approximate surface area is 129 Å². The molecule has 1 fully saturated rings. The molecule has 1 N–H and O–H groups in total. The van der Waals surface area contributed by atoms with Gasteiger partial charge in [0.05, 0.1) is 4.90 Å². The standard InChI is InChI=1S/C15H20BrNO2S/c16-11-15(8-1-2-9-15)17-20(18,19)14-7-6-12-4-3-5-13(12)10-14/h6-7,10,17H,1-5,8-9,11H2. The first-order valence-corrected chi connectivity index (χ1v) is 9.87. The molecule has 0 aromatic heterocycles. The highest BCUT2D eigenvalue weighted by Gasteiger charge is 2.37. The molecule has 1 saturated carbocycles. The average Bonchev–Trinajstić information content (AvgIpc) is 3.06. The van der Waals surface area contributed by atoms with Gasteiger partial charge >= 0.3 is 0 Å². The van der Waals surface area contributed by atoms with Crippen molar-refractivity contribution in [1.29, 1.82) is 0 Å². The molecule has 0 bridgehead atoms. The zero-order chi connectivity index (χ0) is 14.2. The Morgan fingerprint density at radius 2 is 1.80 bits per heavy atom. The molecule has 0 heterocycles. The van der Waals surface area contributed by atoms with Crippen LogP contribution < -0.4 is 4.72 Å². The van der Waals surface area contributed by atoms with Gasteiger partial charge in [-0.3, -0.25) is 0 Å². The Morgan fingerprint density at radius 3 is 2.50 bits per heavy atom. The maximum absolute atomic E-state index is 12.6. The van der Waals surface area contributed by atoms with Crippen LogP contribution in [0.5, 0.6) is 0 Å². The van der Waals surface area contributed by atoms with E-state index in [9.17, 15) is 8.42 Å². The van der Waals surface area contributed by atoms with Crippen LogP contribution in [0.4, 0.5) is 0 Å². The summed E-state index contributed by atoms with van der Waals surface area (Å²) < 4.78 is 28.2. The van der Waals surface area contributed by atoms with Crippen LogP contribution in [0.15, 0.2) is 23.1 Å². The average molecular weight is 358 g/mol. The maximum atomic E-state index is 12.6. The number of hydrogen-bond donors (Lipinski definition) is 1. The molecule has 0 atom stereocenters. The number of alkyl halides is 1. The van der Waals surface area contributed by atoms with Gasteiger partial charge in [-0.1, -0.05) is 34.8 Å². The first-order chi connectivity index (χ1) is 9.55. The van der Waals surface area contributed by atoms with E-state index in [2.05, 4.69) is 20.7 Å². The number of benzene rings is 1. The Kier molecular flexibility index (Phi) is 3.95. The van der Waals surface area contributed by atoms with Gasteiger partial charge in [0.2, 0.25) is 10.0 Å². The fourth-order valence-electron chi connectivity index (χ4n) is 3.37. The monoisotopic (exact) mass is 357 g/mol. The van der Waals surface area contributed by atoms with Crippen molar-refractivity contribution in [3.8, 4) is 0 Å². The molecule has 1 aromatic rings. The Morgan fingerprint density at radius 1 is 1.10 bits per heavy atom. The van der Waals surface area contributed by atoms with E-state index in [1.165, 1.54) is 11.1 Å². The van der Waals surface area contributed by atoms with Crippen LogP contribution in [0, 0.1) is 0 Å². The van der Waals surface area contributed by atoms with Crippen LogP contribution in [-0.4, -0.2) is 19.3 Å². The van der Waals surface area contributed by atoms with Crippen molar-refractivity contribution in [2.24, 2.45) is 0 Å². The highest BCUT2D eigenvalue weighted by molar-refractivity contribution is 9.09. The van der Waals surface area contributed by atoms with E-state index in [4.69, 9.17) is 0 Å². The van der Waals surface area contributed by atoms with E-state index < -0.39 is 10.0 Å². The van der Waals surface area contributed by atoms with Crippen LogP contribution in [0.3, 0.4) is 0 Å². The van der Waals surface area contributed by atoms with Gasteiger partial charge in [0.1, 0.15) is 0 Å². The first kappa shape index (κ1) is 14.5. The van der Waals surface area contributed by atoms with E-state index in [-0.39, 0.29) is 5.54 Å². The lowest BCUT2D eigenvalue weighted by Crippen LogP contribution is -2.47. The van der Waals surface area contributed by atoms with Crippen LogP contribution in [0.1, 0.15) is 43.2 Å². The van der Waals surface area contributed by atoms with Crippen molar-refractivity contribution in [2.45, 2.75) is 55.4 Å². The molecule has 2 aliphatic rings. The van der Waals surface area contributed by atoms with E-state index >= 15 is 0 Å². The number of rotatable bonds is 4. The van der Waals surface area contributed by atoms with Gasteiger partial charge in [0, 0.05) is 10.9 Å². The van der Waals surface area contributed by atoms with E-state index in [1.54, 1.807) is 6.07 Å². The summed E-state index contributed by atoms with van der Waals surface area (Å²) in [5.41, 5.74) is 2.21. The summed E-state index contributed by atoms with van der Waals surface area (Å²) in [6.07, 6.45) is 7.25. The molecule has 0 unspecified atom stereocenters. The molecule has 0 amide bonds. The molecule has 1 aromatic carbocycles. The lowest BCUT2D eigenvalue weighted by Gasteiger charge is -2.27. The molecule has 3 nitrogen and oxygen atoms in total. The third kappa shape index (κ3) is 2.68. The van der Waals surface area contributed by atoms with Crippen LogP contribution in [-0.2, 0) is 22.9 Å². The minimum absolute atomic E-state index is 0.294. The molecule has 0 aliphatic heterocycles. The topological polar surface area (TPSA) is 46.2 Å². The molecule has 110 valence electrons. The van der Waals surface area contributed by atoms with Crippen LogP contribution in [0.25, 0.3) is 0 Å². The second kappa shape index (κ2) is 5.43. The highest BCUT2D eigenvalue weighted by atomic mass is 79.9. The molecular weight excluding hydrogens is 338 g/mol. The number of nitrogens with one attached hydrogen (secondary N) is 1. The summed E-state index contributed by atoms with van der Waals surface area (Å²) in [5.74, 6) is 0. The normalized spacial score (nSPS) is 21.1. The third-order valence-electron chi connectivity index (χ3n) is 4.55. The molecule has 0 spiro atoms. The minimum Gasteiger partial charge on any atom is -0.207 e. The minimum atomic E-state index is -3.42. The SMILES string of the molecule is O=S(=O)(NC1(CBr)CCCC1)c1ccc2c(c1)CCC2. The summed E-state index contributed by atoms with van der Waals surface area (Å²) in [7, 11) is -3.42. The largest absolute Gasteiger partial charge is 0.241 e. The molecule has 3 rings (SSSR count). The van der Waals surface area contributed by atoms with Gasteiger partial charge < -0.3 is 0 Å². The van der Waals surface area contributed by atoms with Gasteiger partial charge in [-0.15, -0.1) is 0 Å². The molecule has 20 heavy (non-hydrogen) atoms.